The lowest BCUT2D eigenvalue weighted by molar-refractivity contribution is 0.564. The first-order valence-electron chi connectivity index (χ1n) is 5.53. The fourth-order valence-electron chi connectivity index (χ4n) is 1.28. The molecule has 0 aliphatic rings. The van der Waals surface area contributed by atoms with Gasteiger partial charge in [0.2, 0.25) is 0 Å². The van der Waals surface area contributed by atoms with Crippen molar-refractivity contribution < 1.29 is 8.42 Å². The van der Waals surface area contributed by atoms with Gasteiger partial charge in [-0.3, -0.25) is 0 Å². The maximum Gasteiger partial charge on any atom is 0.277 e. The average molecular weight is 254 g/mol. The first kappa shape index (κ1) is 13.9. The lowest BCUT2D eigenvalue weighted by Crippen LogP contribution is -2.36. The Labute approximate surface area is 103 Å². The molecule has 0 fully saturated rings. The third-order valence-electron chi connectivity index (χ3n) is 2.19. The molecule has 1 aromatic rings. The van der Waals surface area contributed by atoms with E-state index in [-0.39, 0.29) is 0 Å². The van der Waals surface area contributed by atoms with Crippen LogP contribution in [0.2, 0.25) is 0 Å². The minimum absolute atomic E-state index is 0.303. The van der Waals surface area contributed by atoms with Crippen LogP contribution in [0, 0.1) is 0 Å². The van der Waals surface area contributed by atoms with E-state index in [0.717, 1.165) is 18.4 Å². The van der Waals surface area contributed by atoms with Crippen LogP contribution in [-0.2, 0) is 16.8 Å². The number of benzene rings is 1. The molecule has 4 nitrogen and oxygen atoms in total. The second-order valence-corrected chi connectivity index (χ2v) is 5.22. The predicted molar refractivity (Wildman–Crippen MR) is 69.6 cm³/mol. The number of hydrogen-bond donors (Lipinski definition) is 2. The van der Waals surface area contributed by atoms with Gasteiger partial charge >= 0.3 is 0 Å². The van der Waals surface area contributed by atoms with Gasteiger partial charge in [0.05, 0.1) is 0 Å². The van der Waals surface area contributed by atoms with Gasteiger partial charge in [-0.1, -0.05) is 36.4 Å². The molecule has 1 rings (SSSR count). The van der Waals surface area contributed by atoms with E-state index in [1.807, 2.05) is 30.3 Å². The van der Waals surface area contributed by atoms with Gasteiger partial charge in [0.1, 0.15) is 0 Å². The van der Waals surface area contributed by atoms with Crippen LogP contribution >= 0.6 is 0 Å². The fraction of sp³-hybridized carbons (Fsp3) is 0.333. The second-order valence-electron chi connectivity index (χ2n) is 3.64. The minimum Gasteiger partial charge on any atom is -0.202 e. The van der Waals surface area contributed by atoms with E-state index in [2.05, 4.69) is 16.0 Å². The van der Waals surface area contributed by atoms with Gasteiger partial charge in [0, 0.05) is 13.1 Å². The molecule has 5 heteroatoms. The maximum atomic E-state index is 11.5. The van der Waals surface area contributed by atoms with Gasteiger partial charge in [-0.25, -0.2) is 4.72 Å². The first-order chi connectivity index (χ1) is 8.14. The Morgan fingerprint density at radius 2 is 1.88 bits per heavy atom. The van der Waals surface area contributed by atoms with E-state index in [0.29, 0.717) is 13.1 Å². The predicted octanol–water partition coefficient (Wildman–Crippen LogP) is 1.58. The molecule has 0 aromatic heterocycles. The van der Waals surface area contributed by atoms with Crippen molar-refractivity contribution in [1.29, 1.82) is 0 Å². The standard InChI is InChI=1S/C12H18N2O2S/c1-2-3-7-10-13-17(15,16)14-11-12-8-5-4-6-9-12/h2,4-6,8-9,13-14H,1,3,7,10-11H2. The average Bonchev–Trinajstić information content (AvgIpc) is 2.34. The maximum absolute atomic E-state index is 11.5. The van der Waals surface area contributed by atoms with Gasteiger partial charge in [0.15, 0.2) is 0 Å². The van der Waals surface area contributed by atoms with Crippen molar-refractivity contribution in [2.45, 2.75) is 19.4 Å². The van der Waals surface area contributed by atoms with E-state index in [4.69, 9.17) is 0 Å². The Kier molecular flexibility index (Phi) is 5.90. The molecular weight excluding hydrogens is 236 g/mol. The summed E-state index contributed by atoms with van der Waals surface area (Å²) in [5.74, 6) is 0. The molecule has 0 amide bonds. The summed E-state index contributed by atoms with van der Waals surface area (Å²) in [4.78, 5) is 0. The molecule has 2 N–H and O–H groups in total. The normalized spacial score (nSPS) is 11.3. The summed E-state index contributed by atoms with van der Waals surface area (Å²) in [5, 5.41) is 0. The highest BCUT2D eigenvalue weighted by Gasteiger charge is 2.07. The summed E-state index contributed by atoms with van der Waals surface area (Å²) in [6, 6.07) is 9.40. The summed E-state index contributed by atoms with van der Waals surface area (Å²) >= 11 is 0. The summed E-state index contributed by atoms with van der Waals surface area (Å²) in [6.07, 6.45) is 3.34. The lowest BCUT2D eigenvalue weighted by Gasteiger charge is -2.07. The first-order valence-corrected chi connectivity index (χ1v) is 7.01. The van der Waals surface area contributed by atoms with Crippen LogP contribution in [0.15, 0.2) is 43.0 Å². The van der Waals surface area contributed by atoms with E-state index in [1.165, 1.54) is 0 Å². The van der Waals surface area contributed by atoms with Gasteiger partial charge in [-0.2, -0.15) is 13.1 Å². The summed E-state index contributed by atoms with van der Waals surface area (Å²) in [7, 11) is -3.39. The van der Waals surface area contributed by atoms with Crippen molar-refractivity contribution in [1.82, 2.24) is 9.44 Å². The Balaban J connectivity index is 2.32. The van der Waals surface area contributed by atoms with Crippen LogP contribution in [0.1, 0.15) is 18.4 Å². The molecule has 0 saturated heterocycles. The highest BCUT2D eigenvalue weighted by Crippen LogP contribution is 1.98. The largest absolute Gasteiger partial charge is 0.277 e. The van der Waals surface area contributed by atoms with Crippen LogP contribution in [0.3, 0.4) is 0 Å². The van der Waals surface area contributed by atoms with Crippen molar-refractivity contribution >= 4 is 10.2 Å². The zero-order valence-electron chi connectivity index (χ0n) is 9.72. The topological polar surface area (TPSA) is 58.2 Å². The van der Waals surface area contributed by atoms with Gasteiger partial charge in [-0.05, 0) is 18.4 Å². The van der Waals surface area contributed by atoms with E-state index in [9.17, 15) is 8.42 Å². The molecule has 0 aliphatic heterocycles. The SMILES string of the molecule is C=CCCCNS(=O)(=O)NCc1ccccc1. The smallest absolute Gasteiger partial charge is 0.202 e. The number of unbranched alkanes of at least 4 members (excludes halogenated alkanes) is 1. The van der Waals surface area contributed by atoms with E-state index in [1.54, 1.807) is 6.08 Å². The van der Waals surface area contributed by atoms with Gasteiger partial charge in [-0.15, -0.1) is 6.58 Å². The van der Waals surface area contributed by atoms with Crippen molar-refractivity contribution in [3.8, 4) is 0 Å². The van der Waals surface area contributed by atoms with Gasteiger partial charge in [0.25, 0.3) is 10.2 Å². The quantitative estimate of drug-likeness (QED) is 0.546. The molecule has 17 heavy (non-hydrogen) atoms. The summed E-state index contributed by atoms with van der Waals surface area (Å²) in [6.45, 7) is 4.31. The summed E-state index contributed by atoms with van der Waals surface area (Å²) in [5.41, 5.74) is 0.934. The minimum atomic E-state index is -3.39. The molecule has 1 aromatic carbocycles. The highest BCUT2D eigenvalue weighted by molar-refractivity contribution is 7.87. The lowest BCUT2D eigenvalue weighted by atomic mass is 10.2. The molecule has 0 spiro atoms. The van der Waals surface area contributed by atoms with E-state index < -0.39 is 10.2 Å². The molecule has 0 heterocycles. The zero-order valence-corrected chi connectivity index (χ0v) is 10.5. The molecule has 0 saturated carbocycles. The molecule has 0 atom stereocenters. The van der Waals surface area contributed by atoms with Crippen LogP contribution in [0.5, 0.6) is 0 Å². The van der Waals surface area contributed by atoms with Gasteiger partial charge < -0.3 is 0 Å². The third kappa shape index (κ3) is 6.21. The Morgan fingerprint density at radius 1 is 1.18 bits per heavy atom. The molecule has 0 radical (unpaired) electrons. The molecule has 94 valence electrons. The molecular formula is C12H18N2O2S. The highest BCUT2D eigenvalue weighted by atomic mass is 32.2. The zero-order chi connectivity index (χ0) is 12.6. The van der Waals surface area contributed by atoms with Crippen LogP contribution in [0.4, 0.5) is 0 Å². The summed E-state index contributed by atoms with van der Waals surface area (Å²) < 4.78 is 28.0. The van der Waals surface area contributed by atoms with Crippen LogP contribution in [-0.4, -0.2) is 15.0 Å². The monoisotopic (exact) mass is 254 g/mol. The Bertz CT molecular complexity index is 429. The number of allylic oxidation sites excluding steroid dienone is 1. The number of hydrogen-bond acceptors (Lipinski definition) is 2. The second kappa shape index (κ2) is 7.21. The molecule has 0 bridgehead atoms. The fourth-order valence-corrected chi connectivity index (χ4v) is 2.15. The Morgan fingerprint density at radius 3 is 2.53 bits per heavy atom. The Hall–Kier alpha value is -1.17. The van der Waals surface area contributed by atoms with Crippen molar-refractivity contribution in [2.24, 2.45) is 0 Å². The van der Waals surface area contributed by atoms with Crippen molar-refractivity contribution in [3.05, 3.63) is 48.6 Å². The molecule has 0 unspecified atom stereocenters. The third-order valence-corrected chi connectivity index (χ3v) is 3.29. The van der Waals surface area contributed by atoms with Crippen LogP contribution < -0.4 is 9.44 Å². The van der Waals surface area contributed by atoms with E-state index >= 15 is 0 Å². The molecule has 0 aliphatic carbocycles. The number of rotatable bonds is 8. The van der Waals surface area contributed by atoms with Crippen LogP contribution in [0.25, 0.3) is 0 Å². The number of nitrogens with one attached hydrogen (secondary N) is 2. The van der Waals surface area contributed by atoms with Crippen molar-refractivity contribution in [3.63, 3.8) is 0 Å². The van der Waals surface area contributed by atoms with Crippen molar-refractivity contribution in [2.75, 3.05) is 6.54 Å².